The molecule has 3 N–H and O–H groups in total. The van der Waals surface area contributed by atoms with Crippen LogP contribution in [0.25, 0.3) is 0 Å². The van der Waals surface area contributed by atoms with Crippen LogP contribution in [-0.4, -0.2) is 13.1 Å². The molecule has 0 saturated heterocycles. The molecule has 0 atom stereocenters. The van der Waals surface area contributed by atoms with Crippen LogP contribution in [-0.2, 0) is 0 Å². The van der Waals surface area contributed by atoms with Crippen LogP contribution >= 0.6 is 0 Å². The molecule has 1 saturated carbocycles. The van der Waals surface area contributed by atoms with Gasteiger partial charge in [-0.2, -0.15) is 0 Å². The summed E-state index contributed by atoms with van der Waals surface area (Å²) in [6, 6.07) is 4.51. The van der Waals surface area contributed by atoms with E-state index >= 15 is 0 Å². The first kappa shape index (κ1) is 12.4. The average Bonchev–Trinajstić information content (AvgIpc) is 2.24. The number of aryl methyl sites for hydroxylation is 3. The van der Waals surface area contributed by atoms with Gasteiger partial charge in [0.2, 0.25) is 0 Å². The highest BCUT2D eigenvalue weighted by molar-refractivity contribution is 5.54. The normalized spacial score (nSPS) is 17.6. The van der Waals surface area contributed by atoms with Gasteiger partial charge in [0, 0.05) is 12.2 Å². The molecule has 1 aromatic carbocycles. The highest BCUT2D eigenvalue weighted by atomic mass is 14.9. The summed E-state index contributed by atoms with van der Waals surface area (Å²) < 4.78 is 0. The number of rotatable bonds is 4. The van der Waals surface area contributed by atoms with Crippen molar-refractivity contribution in [3.63, 3.8) is 0 Å². The van der Waals surface area contributed by atoms with E-state index in [1.165, 1.54) is 41.6 Å². The van der Waals surface area contributed by atoms with Crippen molar-refractivity contribution in [3.8, 4) is 0 Å². The Balaban J connectivity index is 2.06. The molecule has 0 unspecified atom stereocenters. The lowest BCUT2D eigenvalue weighted by molar-refractivity contribution is 0.163. The lowest BCUT2D eigenvalue weighted by atomic mass is 9.69. The van der Waals surface area contributed by atoms with Crippen molar-refractivity contribution in [2.75, 3.05) is 18.4 Å². The molecule has 1 fully saturated rings. The van der Waals surface area contributed by atoms with Gasteiger partial charge in [0.15, 0.2) is 0 Å². The molecule has 0 amide bonds. The molecule has 1 aromatic rings. The SMILES string of the molecule is Cc1cc(C)c(NCC2(CN)CCC2)cc1C. The summed E-state index contributed by atoms with van der Waals surface area (Å²) in [6.45, 7) is 8.34. The molecule has 2 heteroatoms. The second-order valence-electron chi connectivity index (χ2n) is 5.66. The summed E-state index contributed by atoms with van der Waals surface area (Å²) in [5, 5.41) is 3.59. The number of anilines is 1. The zero-order valence-electron chi connectivity index (χ0n) is 11.3. The maximum atomic E-state index is 5.89. The maximum absolute atomic E-state index is 5.89. The van der Waals surface area contributed by atoms with Crippen LogP contribution in [0, 0.1) is 26.2 Å². The molecule has 2 nitrogen and oxygen atoms in total. The summed E-state index contributed by atoms with van der Waals surface area (Å²) in [6.07, 6.45) is 3.89. The van der Waals surface area contributed by atoms with Crippen molar-refractivity contribution in [1.29, 1.82) is 0 Å². The summed E-state index contributed by atoms with van der Waals surface area (Å²) in [5.74, 6) is 0. The maximum Gasteiger partial charge on any atom is 0.0372 e. The Bertz CT molecular complexity index is 400. The summed E-state index contributed by atoms with van der Waals surface area (Å²) in [5.41, 5.74) is 11.6. The third-order valence-electron chi connectivity index (χ3n) is 4.34. The Kier molecular flexibility index (Phi) is 3.43. The number of hydrogen-bond acceptors (Lipinski definition) is 2. The number of nitrogens with one attached hydrogen (secondary N) is 1. The predicted molar refractivity (Wildman–Crippen MR) is 74.5 cm³/mol. The van der Waals surface area contributed by atoms with E-state index in [-0.39, 0.29) is 0 Å². The van der Waals surface area contributed by atoms with Gasteiger partial charge < -0.3 is 11.1 Å². The Morgan fingerprint density at radius 2 is 1.76 bits per heavy atom. The number of hydrogen-bond donors (Lipinski definition) is 2. The molecule has 1 aliphatic rings. The minimum Gasteiger partial charge on any atom is -0.384 e. The van der Waals surface area contributed by atoms with Crippen LogP contribution in [0.2, 0.25) is 0 Å². The second-order valence-corrected chi connectivity index (χ2v) is 5.66. The van der Waals surface area contributed by atoms with Gasteiger partial charge >= 0.3 is 0 Å². The summed E-state index contributed by atoms with van der Waals surface area (Å²) in [4.78, 5) is 0. The zero-order chi connectivity index (χ0) is 12.5. The first-order chi connectivity index (χ1) is 8.06. The van der Waals surface area contributed by atoms with Crippen molar-refractivity contribution in [2.24, 2.45) is 11.1 Å². The first-order valence-electron chi connectivity index (χ1n) is 6.58. The van der Waals surface area contributed by atoms with Crippen LogP contribution < -0.4 is 11.1 Å². The van der Waals surface area contributed by atoms with Crippen molar-refractivity contribution in [1.82, 2.24) is 0 Å². The molecule has 0 radical (unpaired) electrons. The molecule has 0 aliphatic heterocycles. The van der Waals surface area contributed by atoms with Crippen molar-refractivity contribution in [3.05, 3.63) is 28.8 Å². The topological polar surface area (TPSA) is 38.0 Å². The van der Waals surface area contributed by atoms with Gasteiger partial charge in [-0.1, -0.05) is 12.5 Å². The average molecular weight is 232 g/mol. The van der Waals surface area contributed by atoms with Gasteiger partial charge in [-0.05, 0) is 68.3 Å². The Labute approximate surface area is 105 Å². The van der Waals surface area contributed by atoms with Gasteiger partial charge in [-0.15, -0.1) is 0 Å². The van der Waals surface area contributed by atoms with E-state index < -0.39 is 0 Å². The quantitative estimate of drug-likeness (QED) is 0.837. The number of benzene rings is 1. The van der Waals surface area contributed by atoms with Gasteiger partial charge in [0.05, 0.1) is 0 Å². The minimum absolute atomic E-state index is 0.366. The molecular formula is C15H24N2. The minimum atomic E-state index is 0.366. The third kappa shape index (κ3) is 2.47. The molecule has 0 spiro atoms. The number of nitrogens with two attached hydrogens (primary N) is 1. The summed E-state index contributed by atoms with van der Waals surface area (Å²) in [7, 11) is 0. The first-order valence-corrected chi connectivity index (χ1v) is 6.58. The molecule has 2 rings (SSSR count). The van der Waals surface area contributed by atoms with Crippen molar-refractivity contribution < 1.29 is 0 Å². The van der Waals surface area contributed by atoms with Crippen LogP contribution in [0.5, 0.6) is 0 Å². The van der Waals surface area contributed by atoms with Crippen LogP contribution in [0.15, 0.2) is 12.1 Å². The van der Waals surface area contributed by atoms with Crippen LogP contribution in [0.3, 0.4) is 0 Å². The van der Waals surface area contributed by atoms with Gasteiger partial charge in [-0.3, -0.25) is 0 Å². The Hall–Kier alpha value is -1.02. The van der Waals surface area contributed by atoms with E-state index in [1.807, 2.05) is 0 Å². The highest BCUT2D eigenvalue weighted by Gasteiger charge is 2.35. The Morgan fingerprint density at radius 1 is 1.12 bits per heavy atom. The molecule has 0 heterocycles. The van der Waals surface area contributed by atoms with Crippen LogP contribution in [0.4, 0.5) is 5.69 Å². The van der Waals surface area contributed by atoms with Gasteiger partial charge in [0.25, 0.3) is 0 Å². The van der Waals surface area contributed by atoms with Gasteiger partial charge in [0.1, 0.15) is 0 Å². The smallest absolute Gasteiger partial charge is 0.0372 e. The molecule has 94 valence electrons. The fourth-order valence-corrected chi connectivity index (χ4v) is 2.56. The van der Waals surface area contributed by atoms with E-state index in [4.69, 9.17) is 5.73 Å². The van der Waals surface area contributed by atoms with E-state index in [1.54, 1.807) is 0 Å². The third-order valence-corrected chi connectivity index (χ3v) is 4.34. The lowest BCUT2D eigenvalue weighted by Crippen LogP contribution is -2.43. The van der Waals surface area contributed by atoms with Gasteiger partial charge in [-0.25, -0.2) is 0 Å². The van der Waals surface area contributed by atoms with E-state index in [2.05, 4.69) is 38.2 Å². The zero-order valence-corrected chi connectivity index (χ0v) is 11.3. The molecule has 17 heavy (non-hydrogen) atoms. The fraction of sp³-hybridized carbons (Fsp3) is 0.600. The molecule has 0 bridgehead atoms. The highest BCUT2D eigenvalue weighted by Crippen LogP contribution is 2.40. The standard InChI is InChI=1S/C15H24N2/c1-11-7-13(3)14(8-12(11)2)17-10-15(9-16)5-4-6-15/h7-8,17H,4-6,9-10,16H2,1-3H3. The Morgan fingerprint density at radius 3 is 2.29 bits per heavy atom. The fourth-order valence-electron chi connectivity index (χ4n) is 2.56. The van der Waals surface area contributed by atoms with Crippen molar-refractivity contribution in [2.45, 2.75) is 40.0 Å². The lowest BCUT2D eigenvalue weighted by Gasteiger charge is -2.41. The van der Waals surface area contributed by atoms with E-state index in [0.717, 1.165) is 13.1 Å². The monoisotopic (exact) mass is 232 g/mol. The molecule has 1 aliphatic carbocycles. The largest absolute Gasteiger partial charge is 0.384 e. The van der Waals surface area contributed by atoms with Crippen LogP contribution in [0.1, 0.15) is 36.0 Å². The molecule has 0 aromatic heterocycles. The predicted octanol–water partition coefficient (Wildman–Crippen LogP) is 3.15. The second kappa shape index (κ2) is 4.69. The van der Waals surface area contributed by atoms with Crippen molar-refractivity contribution >= 4 is 5.69 Å². The van der Waals surface area contributed by atoms with E-state index in [0.29, 0.717) is 5.41 Å². The summed E-state index contributed by atoms with van der Waals surface area (Å²) >= 11 is 0. The molecular weight excluding hydrogens is 208 g/mol. The van der Waals surface area contributed by atoms with E-state index in [9.17, 15) is 0 Å².